The third-order valence-electron chi connectivity index (χ3n) is 2.29. The summed E-state index contributed by atoms with van der Waals surface area (Å²) in [5.41, 5.74) is 0.405. The molecule has 8 nitrogen and oxygen atoms in total. The van der Waals surface area contributed by atoms with E-state index in [2.05, 4.69) is 10.0 Å². The average Bonchev–Trinajstić information content (AvgIpc) is 2.32. The summed E-state index contributed by atoms with van der Waals surface area (Å²) in [6.45, 7) is 4.13. The van der Waals surface area contributed by atoms with Crippen LogP contribution in [0.15, 0.2) is 18.2 Å². The molecule has 1 aromatic carbocycles. The lowest BCUT2D eigenvalue weighted by molar-refractivity contribution is -0.384. The van der Waals surface area contributed by atoms with Gasteiger partial charge in [-0.25, -0.2) is 13.1 Å². The van der Waals surface area contributed by atoms with Crippen molar-refractivity contribution in [1.29, 1.82) is 0 Å². The van der Waals surface area contributed by atoms with Crippen LogP contribution in [0.4, 0.5) is 11.4 Å². The van der Waals surface area contributed by atoms with Crippen LogP contribution in [0.25, 0.3) is 0 Å². The van der Waals surface area contributed by atoms with Gasteiger partial charge in [-0.05, 0) is 13.8 Å². The fraction of sp³-hybridized carbons (Fsp3) is 0.500. The lowest BCUT2D eigenvalue weighted by Gasteiger charge is -2.12. The second-order valence-corrected chi connectivity index (χ2v) is 6.57. The Kier molecular flexibility index (Phi) is 5.91. The molecule has 21 heavy (non-hydrogen) atoms. The molecule has 0 fully saturated rings. The van der Waals surface area contributed by atoms with Gasteiger partial charge in [-0.15, -0.1) is 0 Å². The smallest absolute Gasteiger partial charge is 0.275 e. The number of ether oxygens (including phenoxy) is 1. The second kappa shape index (κ2) is 7.23. The number of nitro groups is 1. The van der Waals surface area contributed by atoms with E-state index in [-0.39, 0.29) is 18.3 Å². The molecule has 0 spiro atoms. The van der Waals surface area contributed by atoms with Crippen molar-refractivity contribution in [2.75, 3.05) is 24.7 Å². The van der Waals surface area contributed by atoms with E-state index in [4.69, 9.17) is 4.74 Å². The zero-order valence-electron chi connectivity index (χ0n) is 12.1. The van der Waals surface area contributed by atoms with Gasteiger partial charge < -0.3 is 10.1 Å². The Morgan fingerprint density at radius 2 is 1.95 bits per heavy atom. The van der Waals surface area contributed by atoms with E-state index in [1.165, 1.54) is 12.1 Å². The molecule has 0 aromatic heterocycles. The van der Waals surface area contributed by atoms with Gasteiger partial charge in [-0.3, -0.25) is 10.1 Å². The fourth-order valence-electron chi connectivity index (χ4n) is 1.57. The second-order valence-electron chi connectivity index (χ2n) is 4.73. The largest absolute Gasteiger partial charge is 0.491 e. The van der Waals surface area contributed by atoms with Crippen LogP contribution >= 0.6 is 0 Å². The highest BCUT2D eigenvalue weighted by Gasteiger charge is 2.11. The number of non-ortho nitro benzene ring substituents is 1. The Morgan fingerprint density at radius 1 is 1.29 bits per heavy atom. The first-order chi connectivity index (χ1) is 9.67. The van der Waals surface area contributed by atoms with E-state index >= 15 is 0 Å². The Bertz CT molecular complexity index is 601. The third kappa shape index (κ3) is 6.91. The minimum Gasteiger partial charge on any atom is -0.491 e. The highest BCUT2D eigenvalue weighted by molar-refractivity contribution is 7.88. The average molecular weight is 317 g/mol. The van der Waals surface area contributed by atoms with Gasteiger partial charge in [0, 0.05) is 30.9 Å². The van der Waals surface area contributed by atoms with Crippen LogP contribution in [-0.4, -0.2) is 38.8 Å². The molecule has 9 heteroatoms. The molecule has 0 saturated heterocycles. The van der Waals surface area contributed by atoms with Crippen molar-refractivity contribution in [3.8, 4) is 5.75 Å². The molecule has 0 aliphatic heterocycles. The summed E-state index contributed by atoms with van der Waals surface area (Å²) in [5.74, 6) is 0.387. The van der Waals surface area contributed by atoms with E-state index in [0.717, 1.165) is 6.26 Å². The van der Waals surface area contributed by atoms with E-state index in [0.29, 0.717) is 18.0 Å². The summed E-state index contributed by atoms with van der Waals surface area (Å²) in [7, 11) is -3.25. The molecule has 0 atom stereocenters. The van der Waals surface area contributed by atoms with Crippen LogP contribution < -0.4 is 14.8 Å². The van der Waals surface area contributed by atoms with E-state index < -0.39 is 14.9 Å². The van der Waals surface area contributed by atoms with Crippen LogP contribution in [0, 0.1) is 10.1 Å². The van der Waals surface area contributed by atoms with Crippen LogP contribution in [0.1, 0.15) is 13.8 Å². The SMILES string of the molecule is CC(C)Oc1cc(NCCNS(C)(=O)=O)cc([N+](=O)[O-])c1. The third-order valence-corrected chi connectivity index (χ3v) is 3.02. The van der Waals surface area contributed by atoms with Crippen molar-refractivity contribution in [2.24, 2.45) is 0 Å². The highest BCUT2D eigenvalue weighted by atomic mass is 32.2. The van der Waals surface area contributed by atoms with Crippen molar-refractivity contribution in [3.63, 3.8) is 0 Å². The number of sulfonamides is 1. The predicted octanol–water partition coefficient (Wildman–Crippen LogP) is 1.34. The molecule has 0 aliphatic carbocycles. The normalized spacial score (nSPS) is 11.4. The van der Waals surface area contributed by atoms with Crippen molar-refractivity contribution in [3.05, 3.63) is 28.3 Å². The summed E-state index contributed by atoms with van der Waals surface area (Å²) >= 11 is 0. The number of hydrogen-bond donors (Lipinski definition) is 2. The molecule has 0 radical (unpaired) electrons. The Balaban J connectivity index is 2.76. The van der Waals surface area contributed by atoms with Gasteiger partial charge in [-0.1, -0.05) is 0 Å². The summed E-state index contributed by atoms with van der Waals surface area (Å²) in [5, 5.41) is 13.8. The predicted molar refractivity (Wildman–Crippen MR) is 80.2 cm³/mol. The van der Waals surface area contributed by atoms with Crippen LogP contribution in [-0.2, 0) is 10.0 Å². The maximum absolute atomic E-state index is 10.9. The summed E-state index contributed by atoms with van der Waals surface area (Å²) in [4.78, 5) is 10.4. The van der Waals surface area contributed by atoms with Gasteiger partial charge in [0.15, 0.2) is 0 Å². The Hall–Kier alpha value is -1.87. The maximum atomic E-state index is 10.9. The molecule has 0 unspecified atom stereocenters. The van der Waals surface area contributed by atoms with E-state index in [9.17, 15) is 18.5 Å². The summed E-state index contributed by atoms with van der Waals surface area (Å²) in [6.07, 6.45) is 0.960. The maximum Gasteiger partial charge on any atom is 0.275 e. The molecule has 2 N–H and O–H groups in total. The van der Waals surface area contributed by atoms with Gasteiger partial charge in [0.05, 0.1) is 23.3 Å². The highest BCUT2D eigenvalue weighted by Crippen LogP contribution is 2.26. The van der Waals surface area contributed by atoms with Crippen LogP contribution in [0.5, 0.6) is 5.75 Å². The monoisotopic (exact) mass is 317 g/mol. The van der Waals surface area contributed by atoms with Gasteiger partial charge in [0.25, 0.3) is 5.69 Å². The number of rotatable bonds is 8. The molecule has 0 saturated carbocycles. The first kappa shape index (κ1) is 17.2. The van der Waals surface area contributed by atoms with E-state index in [1.54, 1.807) is 6.07 Å². The lowest BCUT2D eigenvalue weighted by atomic mass is 10.2. The van der Waals surface area contributed by atoms with Crippen LogP contribution in [0.2, 0.25) is 0 Å². The molecule has 0 aliphatic rings. The number of benzene rings is 1. The first-order valence-electron chi connectivity index (χ1n) is 6.32. The quantitative estimate of drug-likeness (QED) is 0.425. The zero-order valence-corrected chi connectivity index (χ0v) is 12.9. The molecule has 1 rings (SSSR count). The molecular weight excluding hydrogens is 298 g/mol. The summed E-state index contributed by atoms with van der Waals surface area (Å²) in [6, 6.07) is 4.35. The molecule has 0 bridgehead atoms. The molecule has 0 amide bonds. The zero-order chi connectivity index (χ0) is 16.0. The van der Waals surface area contributed by atoms with Crippen molar-refractivity contribution in [1.82, 2.24) is 4.72 Å². The number of nitro benzene ring substituents is 1. The van der Waals surface area contributed by atoms with Gasteiger partial charge in [-0.2, -0.15) is 0 Å². The van der Waals surface area contributed by atoms with Crippen molar-refractivity contribution in [2.45, 2.75) is 20.0 Å². The minimum atomic E-state index is -3.25. The topological polar surface area (TPSA) is 111 Å². The van der Waals surface area contributed by atoms with Gasteiger partial charge in [0.2, 0.25) is 10.0 Å². The van der Waals surface area contributed by atoms with Gasteiger partial charge in [0.1, 0.15) is 5.75 Å². The molecule has 118 valence electrons. The van der Waals surface area contributed by atoms with Crippen LogP contribution in [0.3, 0.4) is 0 Å². The Labute approximate surface area is 123 Å². The number of anilines is 1. The minimum absolute atomic E-state index is 0.0910. The molecular formula is C12H19N3O5S. The summed E-state index contributed by atoms with van der Waals surface area (Å²) < 4.78 is 29.6. The number of nitrogens with one attached hydrogen (secondary N) is 2. The number of hydrogen-bond acceptors (Lipinski definition) is 6. The Morgan fingerprint density at radius 3 is 2.48 bits per heavy atom. The van der Waals surface area contributed by atoms with E-state index in [1.807, 2.05) is 13.8 Å². The molecule has 1 aromatic rings. The molecule has 0 heterocycles. The first-order valence-corrected chi connectivity index (χ1v) is 8.21. The standard InChI is InChI=1S/C12H19N3O5S/c1-9(2)20-12-7-10(6-11(8-12)15(16)17)13-4-5-14-21(3,18)19/h6-9,13-14H,4-5H2,1-3H3. The van der Waals surface area contributed by atoms with Gasteiger partial charge >= 0.3 is 0 Å². The van der Waals surface area contributed by atoms with Crippen molar-refractivity contribution >= 4 is 21.4 Å². The lowest BCUT2D eigenvalue weighted by Crippen LogP contribution is -2.27. The number of nitrogens with zero attached hydrogens (tertiary/aromatic N) is 1. The van der Waals surface area contributed by atoms with Crippen molar-refractivity contribution < 1.29 is 18.1 Å². The fourth-order valence-corrected chi connectivity index (χ4v) is 2.05.